The number of methoxy groups -OCH3 is 1. The van der Waals surface area contributed by atoms with E-state index in [2.05, 4.69) is 22.1 Å². The third kappa shape index (κ3) is 4.85. The molecule has 1 heterocycles. The molecule has 0 radical (unpaired) electrons. The lowest BCUT2D eigenvalue weighted by atomic mass is 9.83. The second-order valence-electron chi connectivity index (χ2n) is 6.96. The number of hydrogen-bond acceptors (Lipinski definition) is 3. The van der Waals surface area contributed by atoms with Crippen molar-refractivity contribution in [1.29, 1.82) is 0 Å². The van der Waals surface area contributed by atoms with Crippen LogP contribution in [0.4, 0.5) is 0 Å². The summed E-state index contributed by atoms with van der Waals surface area (Å²) < 4.78 is 5.27. The van der Waals surface area contributed by atoms with Crippen molar-refractivity contribution in [2.45, 2.75) is 57.9 Å². The molecule has 5 nitrogen and oxygen atoms in total. The molecule has 3 N–H and O–H groups in total. The Balaban J connectivity index is 1.78. The van der Waals surface area contributed by atoms with E-state index >= 15 is 0 Å². The summed E-state index contributed by atoms with van der Waals surface area (Å²) in [4.78, 5) is 7.18. The van der Waals surface area contributed by atoms with Crippen LogP contribution in [0.3, 0.4) is 0 Å². The Kier molecular flexibility index (Phi) is 6.96. The SMILES string of the molecule is CCN1CCCC1CNC(N)=NCC1(CCOC)CCCC1. The summed E-state index contributed by atoms with van der Waals surface area (Å²) >= 11 is 0. The predicted octanol–water partition coefficient (Wildman–Crippen LogP) is 1.97. The molecule has 1 aliphatic carbocycles. The van der Waals surface area contributed by atoms with E-state index in [9.17, 15) is 0 Å². The number of ether oxygens (including phenoxy) is 1. The highest BCUT2D eigenvalue weighted by molar-refractivity contribution is 5.77. The largest absolute Gasteiger partial charge is 0.385 e. The maximum absolute atomic E-state index is 6.09. The van der Waals surface area contributed by atoms with Crippen molar-refractivity contribution in [3.05, 3.63) is 0 Å². The van der Waals surface area contributed by atoms with Gasteiger partial charge in [0.1, 0.15) is 0 Å². The van der Waals surface area contributed by atoms with Gasteiger partial charge < -0.3 is 15.8 Å². The molecule has 5 heteroatoms. The average molecular weight is 310 g/mol. The fourth-order valence-corrected chi connectivity index (χ4v) is 4.00. The summed E-state index contributed by atoms with van der Waals surface area (Å²) in [5, 5.41) is 3.34. The van der Waals surface area contributed by atoms with Crippen molar-refractivity contribution >= 4 is 5.96 Å². The van der Waals surface area contributed by atoms with Gasteiger partial charge in [-0.2, -0.15) is 0 Å². The Morgan fingerprint density at radius 1 is 1.36 bits per heavy atom. The monoisotopic (exact) mass is 310 g/mol. The van der Waals surface area contributed by atoms with Gasteiger partial charge in [-0.15, -0.1) is 0 Å². The molecule has 0 aromatic rings. The molecule has 1 atom stereocenters. The van der Waals surface area contributed by atoms with Gasteiger partial charge in [-0.05, 0) is 50.6 Å². The van der Waals surface area contributed by atoms with Crippen LogP contribution < -0.4 is 11.1 Å². The molecule has 2 rings (SSSR count). The molecule has 0 bridgehead atoms. The molecule has 1 saturated heterocycles. The van der Waals surface area contributed by atoms with Gasteiger partial charge in [0.15, 0.2) is 5.96 Å². The molecular formula is C17H34N4O. The van der Waals surface area contributed by atoms with Crippen LogP contribution in [0.15, 0.2) is 4.99 Å². The molecule has 0 aromatic carbocycles. The lowest BCUT2D eigenvalue weighted by Crippen LogP contribution is -2.43. The van der Waals surface area contributed by atoms with Crippen molar-refractivity contribution in [2.24, 2.45) is 16.1 Å². The van der Waals surface area contributed by atoms with Crippen LogP contribution >= 0.6 is 0 Å². The number of nitrogens with two attached hydrogens (primary N) is 1. The maximum atomic E-state index is 6.09. The predicted molar refractivity (Wildman–Crippen MR) is 92.2 cm³/mol. The van der Waals surface area contributed by atoms with Gasteiger partial charge >= 0.3 is 0 Å². The first-order chi connectivity index (χ1) is 10.7. The van der Waals surface area contributed by atoms with Crippen LogP contribution in [0.2, 0.25) is 0 Å². The summed E-state index contributed by atoms with van der Waals surface area (Å²) in [5.41, 5.74) is 6.42. The lowest BCUT2D eigenvalue weighted by molar-refractivity contribution is 0.141. The van der Waals surface area contributed by atoms with E-state index in [1.807, 2.05) is 0 Å². The molecule has 2 fully saturated rings. The zero-order chi connectivity index (χ0) is 15.8. The van der Waals surface area contributed by atoms with Crippen LogP contribution in [0.5, 0.6) is 0 Å². The van der Waals surface area contributed by atoms with E-state index in [4.69, 9.17) is 10.5 Å². The maximum Gasteiger partial charge on any atom is 0.188 e. The summed E-state index contributed by atoms with van der Waals surface area (Å²) in [6.07, 6.45) is 8.84. The highest BCUT2D eigenvalue weighted by Crippen LogP contribution is 2.41. The Morgan fingerprint density at radius 2 is 2.14 bits per heavy atom. The molecule has 1 saturated carbocycles. The van der Waals surface area contributed by atoms with Crippen molar-refractivity contribution in [3.63, 3.8) is 0 Å². The number of aliphatic imine (C=N–C) groups is 1. The van der Waals surface area contributed by atoms with Crippen LogP contribution in [-0.4, -0.2) is 56.8 Å². The van der Waals surface area contributed by atoms with E-state index in [0.717, 1.165) is 32.7 Å². The number of nitrogens with one attached hydrogen (secondary N) is 1. The van der Waals surface area contributed by atoms with E-state index < -0.39 is 0 Å². The summed E-state index contributed by atoms with van der Waals surface area (Å²) in [7, 11) is 1.78. The van der Waals surface area contributed by atoms with Crippen molar-refractivity contribution in [2.75, 3.05) is 39.9 Å². The van der Waals surface area contributed by atoms with Crippen molar-refractivity contribution in [3.8, 4) is 0 Å². The van der Waals surface area contributed by atoms with Crippen LogP contribution in [-0.2, 0) is 4.74 Å². The summed E-state index contributed by atoms with van der Waals surface area (Å²) in [5.74, 6) is 0.617. The Labute approximate surface area is 135 Å². The highest BCUT2D eigenvalue weighted by atomic mass is 16.5. The van der Waals surface area contributed by atoms with Gasteiger partial charge in [0.05, 0.1) is 0 Å². The number of hydrogen-bond donors (Lipinski definition) is 2. The summed E-state index contributed by atoms with van der Waals surface area (Å²) in [6, 6.07) is 0.618. The highest BCUT2D eigenvalue weighted by Gasteiger charge is 2.33. The van der Waals surface area contributed by atoms with E-state index in [0.29, 0.717) is 17.4 Å². The standard InChI is InChI=1S/C17H34N4O/c1-3-21-11-6-7-15(21)13-19-16(18)20-14-17(10-12-22-2)8-4-5-9-17/h15H,3-14H2,1-2H3,(H3,18,19,20). The zero-order valence-electron chi connectivity index (χ0n) is 14.4. The molecule has 0 spiro atoms. The molecule has 128 valence electrons. The molecule has 0 amide bonds. The Morgan fingerprint density at radius 3 is 2.82 bits per heavy atom. The minimum atomic E-state index is 0.325. The van der Waals surface area contributed by atoms with E-state index in [1.54, 1.807) is 7.11 Å². The van der Waals surface area contributed by atoms with E-state index in [-0.39, 0.29) is 0 Å². The number of likely N-dealkylation sites (tertiary alicyclic amines) is 1. The fraction of sp³-hybridized carbons (Fsp3) is 0.941. The van der Waals surface area contributed by atoms with Crippen molar-refractivity contribution in [1.82, 2.24) is 10.2 Å². The van der Waals surface area contributed by atoms with Gasteiger partial charge in [-0.3, -0.25) is 9.89 Å². The first-order valence-electron chi connectivity index (χ1n) is 8.96. The van der Waals surface area contributed by atoms with Gasteiger partial charge in [-0.1, -0.05) is 19.8 Å². The molecule has 1 unspecified atom stereocenters. The first-order valence-corrected chi connectivity index (χ1v) is 8.96. The number of guanidine groups is 1. The van der Waals surface area contributed by atoms with Crippen molar-refractivity contribution < 1.29 is 4.74 Å². The normalized spacial score (nSPS) is 25.7. The Bertz CT molecular complexity index is 353. The smallest absolute Gasteiger partial charge is 0.188 e. The molecular weight excluding hydrogens is 276 g/mol. The first kappa shape index (κ1) is 17.5. The van der Waals surface area contributed by atoms with Gasteiger partial charge in [-0.25, -0.2) is 0 Å². The number of nitrogens with zero attached hydrogens (tertiary/aromatic N) is 2. The lowest BCUT2D eigenvalue weighted by Gasteiger charge is -2.27. The molecule has 22 heavy (non-hydrogen) atoms. The van der Waals surface area contributed by atoms with Gasteiger partial charge in [0.2, 0.25) is 0 Å². The quantitative estimate of drug-likeness (QED) is 0.531. The average Bonchev–Trinajstić information content (AvgIpc) is 3.18. The van der Waals surface area contributed by atoms with Gasteiger partial charge in [0, 0.05) is 32.8 Å². The minimum Gasteiger partial charge on any atom is -0.385 e. The molecule has 0 aromatic heterocycles. The molecule has 1 aliphatic heterocycles. The number of likely N-dealkylation sites (N-methyl/N-ethyl adjacent to an activating group) is 1. The third-order valence-corrected chi connectivity index (χ3v) is 5.51. The second-order valence-corrected chi connectivity index (χ2v) is 6.96. The topological polar surface area (TPSA) is 62.9 Å². The third-order valence-electron chi connectivity index (χ3n) is 5.51. The minimum absolute atomic E-state index is 0.325. The number of rotatable bonds is 8. The van der Waals surface area contributed by atoms with Crippen LogP contribution in [0.1, 0.15) is 51.9 Å². The van der Waals surface area contributed by atoms with Crippen LogP contribution in [0.25, 0.3) is 0 Å². The van der Waals surface area contributed by atoms with Crippen LogP contribution in [0, 0.1) is 5.41 Å². The van der Waals surface area contributed by atoms with E-state index in [1.165, 1.54) is 45.1 Å². The fourth-order valence-electron chi connectivity index (χ4n) is 4.00. The molecule has 2 aliphatic rings. The second kappa shape index (κ2) is 8.73. The zero-order valence-corrected chi connectivity index (χ0v) is 14.4. The van der Waals surface area contributed by atoms with Gasteiger partial charge in [0.25, 0.3) is 0 Å². The Hall–Kier alpha value is -0.810. The summed E-state index contributed by atoms with van der Waals surface area (Å²) in [6.45, 7) is 7.18.